The van der Waals surface area contributed by atoms with Crippen LogP contribution >= 0.6 is 0 Å². The first kappa shape index (κ1) is 20.2. The molecule has 1 amide bonds. The Bertz CT molecular complexity index is 636. The van der Waals surface area contributed by atoms with Crippen LogP contribution in [0, 0.1) is 0 Å². The minimum atomic E-state index is -0.541. The molecule has 1 aromatic carbocycles. The number of esters is 1. The maximum Gasteiger partial charge on any atom is 0.410 e. The highest BCUT2D eigenvalue weighted by atomic mass is 16.6. The summed E-state index contributed by atoms with van der Waals surface area (Å²) in [5.74, 6) is -0.366. The molecule has 2 atom stereocenters. The van der Waals surface area contributed by atoms with E-state index in [1.165, 1.54) is 7.11 Å². The van der Waals surface area contributed by atoms with Gasteiger partial charge in [0.1, 0.15) is 5.60 Å². The Balaban J connectivity index is 2.31. The molecule has 6 nitrogen and oxygen atoms in total. The number of nitrogens with zero attached hydrogens (tertiary/aromatic N) is 2. The van der Waals surface area contributed by atoms with Gasteiger partial charge in [-0.1, -0.05) is 12.1 Å². The van der Waals surface area contributed by atoms with Gasteiger partial charge in [-0.3, -0.25) is 4.90 Å². The fourth-order valence-electron chi connectivity index (χ4n) is 3.09. The molecule has 1 aliphatic heterocycles. The van der Waals surface area contributed by atoms with E-state index in [4.69, 9.17) is 9.47 Å². The van der Waals surface area contributed by atoms with E-state index < -0.39 is 5.60 Å². The zero-order chi connectivity index (χ0) is 19.5. The molecule has 144 valence electrons. The summed E-state index contributed by atoms with van der Waals surface area (Å²) in [6.45, 7) is 9.16. The Hall–Kier alpha value is -2.08. The molecule has 0 spiro atoms. The lowest BCUT2D eigenvalue weighted by molar-refractivity contribution is 0.0167. The highest BCUT2D eigenvalue weighted by Gasteiger charge is 2.33. The molecule has 1 heterocycles. The number of rotatable bonds is 2. The summed E-state index contributed by atoms with van der Waals surface area (Å²) in [5, 5.41) is 0. The highest BCUT2D eigenvalue weighted by Crippen LogP contribution is 2.31. The van der Waals surface area contributed by atoms with Gasteiger partial charge in [0.25, 0.3) is 0 Å². The van der Waals surface area contributed by atoms with Gasteiger partial charge >= 0.3 is 12.1 Å². The lowest BCUT2D eigenvalue weighted by Crippen LogP contribution is -2.40. The van der Waals surface area contributed by atoms with E-state index in [1.807, 2.05) is 32.9 Å². The van der Waals surface area contributed by atoms with Crippen LogP contribution in [0.2, 0.25) is 0 Å². The fraction of sp³-hybridized carbons (Fsp3) is 0.600. The lowest BCUT2D eigenvalue weighted by Gasteiger charge is -2.32. The van der Waals surface area contributed by atoms with Crippen molar-refractivity contribution in [3.63, 3.8) is 0 Å². The quantitative estimate of drug-likeness (QED) is 0.754. The summed E-state index contributed by atoms with van der Waals surface area (Å²) >= 11 is 0. The second kappa shape index (κ2) is 8.08. The Morgan fingerprint density at radius 2 is 1.73 bits per heavy atom. The predicted molar refractivity (Wildman–Crippen MR) is 100 cm³/mol. The number of carbonyl (C=O) groups is 2. The van der Waals surface area contributed by atoms with E-state index >= 15 is 0 Å². The maximum absolute atomic E-state index is 12.8. The number of hydrogen-bond donors (Lipinski definition) is 0. The smallest absolute Gasteiger partial charge is 0.410 e. The van der Waals surface area contributed by atoms with Crippen LogP contribution in [0.4, 0.5) is 4.79 Å². The molecule has 1 aromatic rings. The van der Waals surface area contributed by atoms with Crippen LogP contribution in [0.15, 0.2) is 24.3 Å². The average Bonchev–Trinajstić information content (AvgIpc) is 2.72. The van der Waals surface area contributed by atoms with Crippen molar-refractivity contribution in [3.8, 4) is 0 Å². The summed E-state index contributed by atoms with van der Waals surface area (Å²) in [6, 6.07) is 7.50. The van der Waals surface area contributed by atoms with Crippen LogP contribution in [0.1, 0.15) is 56.1 Å². The second-order valence-electron chi connectivity index (χ2n) is 7.87. The Kier molecular flexibility index (Phi) is 6.29. The van der Waals surface area contributed by atoms with Gasteiger partial charge in [0.15, 0.2) is 0 Å². The normalized spacial score (nSPS) is 21.8. The van der Waals surface area contributed by atoms with Crippen LogP contribution < -0.4 is 0 Å². The van der Waals surface area contributed by atoms with Gasteiger partial charge in [0, 0.05) is 19.1 Å². The topological polar surface area (TPSA) is 59.1 Å². The average molecular weight is 362 g/mol. The number of methoxy groups -OCH3 is 1. The van der Waals surface area contributed by atoms with Crippen molar-refractivity contribution in [2.75, 3.05) is 27.2 Å². The molecular formula is C20H30N2O4. The number of carbonyl (C=O) groups excluding carboxylic acids is 2. The Morgan fingerprint density at radius 1 is 1.12 bits per heavy atom. The van der Waals surface area contributed by atoms with Crippen molar-refractivity contribution in [2.24, 2.45) is 0 Å². The van der Waals surface area contributed by atoms with E-state index in [0.717, 1.165) is 18.5 Å². The molecule has 0 saturated carbocycles. The molecule has 1 saturated heterocycles. The van der Waals surface area contributed by atoms with E-state index in [1.54, 1.807) is 17.0 Å². The lowest BCUT2D eigenvalue weighted by atomic mass is 9.98. The Morgan fingerprint density at radius 3 is 2.27 bits per heavy atom. The van der Waals surface area contributed by atoms with Crippen LogP contribution in [-0.2, 0) is 9.47 Å². The molecule has 1 fully saturated rings. The van der Waals surface area contributed by atoms with E-state index in [-0.39, 0.29) is 18.1 Å². The first-order valence-electron chi connectivity index (χ1n) is 9.00. The van der Waals surface area contributed by atoms with Crippen molar-refractivity contribution < 1.29 is 19.1 Å². The molecule has 6 heteroatoms. The molecule has 0 bridgehead atoms. The third-order valence-electron chi connectivity index (χ3n) is 4.73. The van der Waals surface area contributed by atoms with Gasteiger partial charge in [-0.15, -0.1) is 0 Å². The van der Waals surface area contributed by atoms with E-state index in [2.05, 4.69) is 18.9 Å². The summed E-state index contributed by atoms with van der Waals surface area (Å²) in [7, 11) is 3.43. The van der Waals surface area contributed by atoms with Crippen molar-refractivity contribution in [2.45, 2.75) is 51.8 Å². The number of hydrogen-bond acceptors (Lipinski definition) is 5. The minimum absolute atomic E-state index is 0.100. The molecule has 2 rings (SSSR count). The van der Waals surface area contributed by atoms with Gasteiger partial charge < -0.3 is 14.4 Å². The Labute approximate surface area is 156 Å². The number of likely N-dealkylation sites (N-methyl/N-ethyl adjacent to an activating group) is 1. The van der Waals surface area contributed by atoms with E-state index in [9.17, 15) is 9.59 Å². The summed E-state index contributed by atoms with van der Waals surface area (Å²) in [4.78, 5) is 28.5. The van der Waals surface area contributed by atoms with Crippen molar-refractivity contribution >= 4 is 12.1 Å². The molecule has 0 aromatic heterocycles. The largest absolute Gasteiger partial charge is 0.465 e. The van der Waals surface area contributed by atoms with Gasteiger partial charge in [0.2, 0.25) is 0 Å². The van der Waals surface area contributed by atoms with Crippen molar-refractivity contribution in [1.29, 1.82) is 0 Å². The van der Waals surface area contributed by atoms with Crippen molar-refractivity contribution in [1.82, 2.24) is 9.80 Å². The number of benzene rings is 1. The van der Waals surface area contributed by atoms with Gasteiger partial charge in [-0.25, -0.2) is 9.59 Å². The fourth-order valence-corrected chi connectivity index (χ4v) is 3.09. The van der Waals surface area contributed by atoms with Crippen LogP contribution in [0.25, 0.3) is 0 Å². The van der Waals surface area contributed by atoms with Gasteiger partial charge in [-0.05, 0) is 58.9 Å². The molecule has 26 heavy (non-hydrogen) atoms. The molecule has 0 aliphatic carbocycles. The van der Waals surface area contributed by atoms with Crippen LogP contribution in [0.3, 0.4) is 0 Å². The number of amides is 1. The van der Waals surface area contributed by atoms with Crippen LogP contribution in [-0.4, -0.2) is 60.8 Å². The van der Waals surface area contributed by atoms with Gasteiger partial charge in [-0.2, -0.15) is 0 Å². The molecular weight excluding hydrogens is 332 g/mol. The monoisotopic (exact) mass is 362 g/mol. The summed E-state index contributed by atoms with van der Waals surface area (Å²) in [6.07, 6.45) is 0.495. The summed E-state index contributed by atoms with van der Waals surface area (Å²) in [5.41, 5.74) is 0.949. The zero-order valence-electron chi connectivity index (χ0n) is 16.6. The van der Waals surface area contributed by atoms with Crippen molar-refractivity contribution in [3.05, 3.63) is 35.4 Å². The third-order valence-corrected chi connectivity index (χ3v) is 4.73. The third kappa shape index (κ3) is 4.97. The SMILES string of the molecule is COC(=O)c1ccc(C2CC(C)N(C)CCN2C(=O)OC(C)(C)C)cc1. The molecule has 1 aliphatic rings. The van der Waals surface area contributed by atoms with E-state index in [0.29, 0.717) is 18.2 Å². The zero-order valence-corrected chi connectivity index (χ0v) is 16.6. The first-order chi connectivity index (χ1) is 12.1. The predicted octanol–water partition coefficient (Wildman–Crippen LogP) is 3.48. The second-order valence-corrected chi connectivity index (χ2v) is 7.87. The van der Waals surface area contributed by atoms with Crippen LogP contribution in [0.5, 0.6) is 0 Å². The standard InChI is InChI=1S/C20H30N2O4/c1-14-13-17(15-7-9-16(10-8-15)18(23)25-6)22(12-11-21(14)5)19(24)26-20(2,3)4/h7-10,14,17H,11-13H2,1-6H3. The molecule has 2 unspecified atom stereocenters. The highest BCUT2D eigenvalue weighted by molar-refractivity contribution is 5.89. The first-order valence-corrected chi connectivity index (χ1v) is 9.00. The van der Waals surface area contributed by atoms with Gasteiger partial charge in [0.05, 0.1) is 18.7 Å². The molecule has 0 radical (unpaired) electrons. The summed E-state index contributed by atoms with van der Waals surface area (Å²) < 4.78 is 10.4. The number of ether oxygens (including phenoxy) is 2. The minimum Gasteiger partial charge on any atom is -0.465 e. The maximum atomic E-state index is 12.8. The molecule has 0 N–H and O–H groups in total.